The van der Waals surface area contributed by atoms with Gasteiger partial charge in [0.15, 0.2) is 5.13 Å². The van der Waals surface area contributed by atoms with Gasteiger partial charge >= 0.3 is 0 Å². The first-order chi connectivity index (χ1) is 10.6. The quantitative estimate of drug-likeness (QED) is 0.733. The summed E-state index contributed by atoms with van der Waals surface area (Å²) in [4.78, 5) is 17.1. The van der Waals surface area contributed by atoms with Crippen molar-refractivity contribution in [1.82, 2.24) is 10.3 Å². The summed E-state index contributed by atoms with van der Waals surface area (Å²) >= 11 is 1.35. The number of benzene rings is 1. The van der Waals surface area contributed by atoms with Crippen LogP contribution in [0.5, 0.6) is 0 Å². The predicted molar refractivity (Wildman–Crippen MR) is 89.4 cm³/mol. The molecule has 0 aliphatic heterocycles. The Hall–Kier alpha value is -1.92. The maximum absolute atomic E-state index is 12.2. The number of aryl methyl sites for hydroxylation is 1. The van der Waals surface area contributed by atoms with Gasteiger partial charge in [-0.25, -0.2) is 4.98 Å². The molecule has 0 spiro atoms. The molecule has 2 rings (SSSR count). The van der Waals surface area contributed by atoms with E-state index >= 15 is 0 Å². The van der Waals surface area contributed by atoms with Crippen LogP contribution in [0.1, 0.15) is 40.4 Å². The van der Waals surface area contributed by atoms with Crippen LogP contribution in [-0.2, 0) is 0 Å². The fraction of sp³-hybridized carbons (Fsp3) is 0.375. The number of thiazole rings is 1. The molecule has 1 heterocycles. The first-order valence-corrected chi connectivity index (χ1v) is 8.16. The number of anilines is 1. The number of nitrogens with zero attached hydrogens (tertiary/aromatic N) is 1. The summed E-state index contributed by atoms with van der Waals surface area (Å²) in [6.07, 6.45) is -0.0883. The van der Waals surface area contributed by atoms with Gasteiger partial charge in [-0.15, -0.1) is 0 Å². The maximum Gasteiger partial charge on any atom is 0.263 e. The summed E-state index contributed by atoms with van der Waals surface area (Å²) in [6, 6.07) is 9.44. The molecule has 3 N–H and O–H groups in total. The molecule has 1 aromatic carbocycles. The van der Waals surface area contributed by atoms with Crippen LogP contribution in [0.3, 0.4) is 0 Å². The summed E-state index contributed by atoms with van der Waals surface area (Å²) in [6.45, 7) is 5.01. The highest BCUT2D eigenvalue weighted by Crippen LogP contribution is 2.22. The number of aliphatic hydroxyl groups is 1. The number of rotatable bonds is 7. The molecule has 0 saturated carbocycles. The molecule has 0 saturated heterocycles. The summed E-state index contributed by atoms with van der Waals surface area (Å²) in [7, 11) is 0. The highest BCUT2D eigenvalue weighted by Gasteiger charge is 2.15. The largest absolute Gasteiger partial charge is 0.388 e. The molecule has 0 aliphatic rings. The molecule has 2 aromatic rings. The number of nitrogens with one attached hydrogen (secondary N) is 2. The molecule has 0 fully saturated rings. The third-order valence-electron chi connectivity index (χ3n) is 3.22. The standard InChI is InChI=1S/C16H21N3O2S/c1-3-17-16-19-11(2)14(22-16)15(21)18-10-9-13(20)12-7-5-4-6-8-12/h4-8,13,20H,3,9-10H2,1-2H3,(H,17,19)(H,18,21)/t13-/m1/s1. The van der Waals surface area contributed by atoms with Crippen LogP contribution in [0.15, 0.2) is 30.3 Å². The zero-order valence-corrected chi connectivity index (χ0v) is 13.6. The number of carbonyl (C=O) groups is 1. The summed E-state index contributed by atoms with van der Waals surface area (Å²) in [5, 5.41) is 16.8. The first-order valence-electron chi connectivity index (χ1n) is 7.34. The predicted octanol–water partition coefficient (Wildman–Crippen LogP) is 2.74. The van der Waals surface area contributed by atoms with Gasteiger partial charge in [0.05, 0.1) is 11.8 Å². The molecule has 1 aromatic heterocycles. The maximum atomic E-state index is 12.2. The van der Waals surface area contributed by atoms with Crippen LogP contribution < -0.4 is 10.6 Å². The van der Waals surface area contributed by atoms with E-state index in [0.29, 0.717) is 17.8 Å². The number of hydrogen-bond acceptors (Lipinski definition) is 5. The van der Waals surface area contributed by atoms with Crippen molar-refractivity contribution < 1.29 is 9.90 Å². The molecular formula is C16H21N3O2S. The Morgan fingerprint density at radius 1 is 1.36 bits per heavy atom. The van der Waals surface area contributed by atoms with E-state index in [1.807, 2.05) is 44.2 Å². The highest BCUT2D eigenvalue weighted by molar-refractivity contribution is 7.17. The van der Waals surface area contributed by atoms with E-state index < -0.39 is 6.10 Å². The van der Waals surface area contributed by atoms with Crippen molar-refractivity contribution in [1.29, 1.82) is 0 Å². The Kier molecular flexibility index (Phi) is 5.91. The van der Waals surface area contributed by atoms with Crippen LogP contribution in [0.25, 0.3) is 0 Å². The molecule has 6 heteroatoms. The van der Waals surface area contributed by atoms with Gasteiger partial charge in [-0.3, -0.25) is 4.79 Å². The zero-order chi connectivity index (χ0) is 15.9. The van der Waals surface area contributed by atoms with Gasteiger partial charge in [-0.05, 0) is 25.8 Å². The molecule has 0 radical (unpaired) electrons. The summed E-state index contributed by atoms with van der Waals surface area (Å²) in [5.74, 6) is -0.139. The topological polar surface area (TPSA) is 74.2 Å². The number of carbonyl (C=O) groups excluding carboxylic acids is 1. The number of aromatic nitrogens is 1. The van der Waals surface area contributed by atoms with E-state index in [1.54, 1.807) is 0 Å². The Labute approximate surface area is 134 Å². The molecule has 1 atom stereocenters. The van der Waals surface area contributed by atoms with Gasteiger partial charge in [0.25, 0.3) is 5.91 Å². The van der Waals surface area contributed by atoms with Crippen LogP contribution in [0.4, 0.5) is 5.13 Å². The van der Waals surface area contributed by atoms with Crippen molar-refractivity contribution in [2.24, 2.45) is 0 Å². The molecule has 1 amide bonds. The molecule has 0 unspecified atom stereocenters. The van der Waals surface area contributed by atoms with E-state index in [2.05, 4.69) is 15.6 Å². The summed E-state index contributed by atoms with van der Waals surface area (Å²) < 4.78 is 0. The molecule has 22 heavy (non-hydrogen) atoms. The van der Waals surface area contributed by atoms with Crippen molar-refractivity contribution in [2.75, 3.05) is 18.4 Å². The van der Waals surface area contributed by atoms with Crippen LogP contribution in [0, 0.1) is 6.92 Å². The van der Waals surface area contributed by atoms with Crippen molar-refractivity contribution in [3.05, 3.63) is 46.5 Å². The average molecular weight is 319 g/mol. The minimum atomic E-state index is -0.568. The fourth-order valence-electron chi connectivity index (χ4n) is 2.08. The van der Waals surface area contributed by atoms with E-state index in [0.717, 1.165) is 22.9 Å². The Morgan fingerprint density at radius 3 is 2.77 bits per heavy atom. The zero-order valence-electron chi connectivity index (χ0n) is 12.8. The SMILES string of the molecule is CCNc1nc(C)c(C(=O)NCC[C@@H](O)c2ccccc2)s1. The van der Waals surface area contributed by atoms with Crippen molar-refractivity contribution in [2.45, 2.75) is 26.4 Å². The van der Waals surface area contributed by atoms with Crippen molar-refractivity contribution in [3.63, 3.8) is 0 Å². The van der Waals surface area contributed by atoms with Gasteiger partial charge in [-0.2, -0.15) is 0 Å². The van der Waals surface area contributed by atoms with E-state index in [-0.39, 0.29) is 5.91 Å². The smallest absolute Gasteiger partial charge is 0.263 e. The number of aliphatic hydroxyl groups excluding tert-OH is 1. The molecule has 5 nitrogen and oxygen atoms in total. The Bertz CT molecular complexity index is 613. The van der Waals surface area contributed by atoms with E-state index in [9.17, 15) is 9.90 Å². The molecule has 0 bridgehead atoms. The molecular weight excluding hydrogens is 298 g/mol. The second-order valence-corrected chi connectivity index (χ2v) is 5.93. The summed E-state index contributed by atoms with van der Waals surface area (Å²) in [5.41, 5.74) is 1.59. The first kappa shape index (κ1) is 16.5. The van der Waals surface area contributed by atoms with Crippen LogP contribution in [-0.4, -0.2) is 29.1 Å². The normalized spacial score (nSPS) is 12.0. The van der Waals surface area contributed by atoms with Gasteiger partial charge in [-0.1, -0.05) is 41.7 Å². The number of hydrogen-bond donors (Lipinski definition) is 3. The third-order valence-corrected chi connectivity index (χ3v) is 4.33. The van der Waals surface area contributed by atoms with Crippen LogP contribution >= 0.6 is 11.3 Å². The van der Waals surface area contributed by atoms with Gasteiger partial charge in [0.2, 0.25) is 0 Å². The Balaban J connectivity index is 1.85. The minimum absolute atomic E-state index is 0.139. The highest BCUT2D eigenvalue weighted by atomic mass is 32.1. The lowest BCUT2D eigenvalue weighted by Gasteiger charge is -2.11. The lowest BCUT2D eigenvalue weighted by molar-refractivity contribution is 0.0946. The Morgan fingerprint density at radius 2 is 2.09 bits per heavy atom. The van der Waals surface area contributed by atoms with Gasteiger partial charge < -0.3 is 15.7 Å². The van der Waals surface area contributed by atoms with Gasteiger partial charge in [0.1, 0.15) is 4.88 Å². The van der Waals surface area contributed by atoms with Gasteiger partial charge in [0, 0.05) is 13.1 Å². The fourth-order valence-corrected chi connectivity index (χ4v) is 3.03. The molecule has 118 valence electrons. The van der Waals surface area contributed by atoms with E-state index in [4.69, 9.17) is 0 Å². The second-order valence-electron chi connectivity index (χ2n) is 4.93. The monoisotopic (exact) mass is 319 g/mol. The average Bonchev–Trinajstić information content (AvgIpc) is 2.89. The lowest BCUT2D eigenvalue weighted by atomic mass is 10.1. The third kappa shape index (κ3) is 4.29. The van der Waals surface area contributed by atoms with Crippen molar-refractivity contribution >= 4 is 22.4 Å². The van der Waals surface area contributed by atoms with E-state index in [1.165, 1.54) is 11.3 Å². The number of amides is 1. The lowest BCUT2D eigenvalue weighted by Crippen LogP contribution is -2.25. The molecule has 0 aliphatic carbocycles. The minimum Gasteiger partial charge on any atom is -0.388 e. The van der Waals surface area contributed by atoms with Crippen LogP contribution in [0.2, 0.25) is 0 Å². The second kappa shape index (κ2) is 7.91. The van der Waals surface area contributed by atoms with Crippen molar-refractivity contribution in [3.8, 4) is 0 Å².